The second-order valence-corrected chi connectivity index (χ2v) is 17.8. The molecule has 0 aromatic heterocycles. The van der Waals surface area contributed by atoms with Crippen LogP contribution in [-0.4, -0.2) is 23.2 Å². The minimum Gasteiger partial charge on any atom is -0.412 e. The fraction of sp³-hybridized carbons (Fsp3) is 0.611. The third kappa shape index (κ3) is 5.28. The first-order chi connectivity index (χ1) is 10.3. The second-order valence-electron chi connectivity index (χ2n) is 8.57. The summed E-state index contributed by atoms with van der Waals surface area (Å²) in [5.41, 5.74) is -0.148. The molecule has 23 heavy (non-hydrogen) atoms. The molecule has 3 nitrogen and oxygen atoms in total. The van der Waals surface area contributed by atoms with Crippen LogP contribution in [0.1, 0.15) is 26.3 Å². The first kappa shape index (κ1) is 20.1. The summed E-state index contributed by atoms with van der Waals surface area (Å²) in [6, 6.07) is 12.2. The van der Waals surface area contributed by atoms with Gasteiger partial charge in [-0.2, -0.15) is 5.26 Å². The van der Waals surface area contributed by atoms with E-state index in [1.807, 2.05) is 30.3 Å². The van der Waals surface area contributed by atoms with Gasteiger partial charge in [0.1, 0.15) is 6.07 Å². The van der Waals surface area contributed by atoms with Crippen LogP contribution >= 0.6 is 0 Å². The smallest absolute Gasteiger partial charge is 0.192 e. The minimum atomic E-state index is -1.95. The first-order valence-corrected chi connectivity index (χ1v) is 14.5. The number of rotatable bonds is 6. The molecular weight excluding hydrogens is 318 g/mol. The molecule has 128 valence electrons. The van der Waals surface area contributed by atoms with E-state index in [0.717, 1.165) is 5.56 Å². The largest absolute Gasteiger partial charge is 0.412 e. The van der Waals surface area contributed by atoms with Gasteiger partial charge in [-0.05, 0) is 43.3 Å². The van der Waals surface area contributed by atoms with Gasteiger partial charge >= 0.3 is 0 Å². The molecule has 1 atom stereocenters. The van der Waals surface area contributed by atoms with Crippen LogP contribution in [0.4, 0.5) is 0 Å². The molecule has 0 amide bonds. The Kier molecular flexibility index (Phi) is 6.03. The third-order valence-corrected chi connectivity index (χ3v) is 9.78. The van der Waals surface area contributed by atoms with Crippen LogP contribution in [0.5, 0.6) is 0 Å². The predicted molar refractivity (Wildman–Crippen MR) is 101 cm³/mol. The maximum absolute atomic E-state index is 9.98. The Morgan fingerprint density at radius 1 is 1.00 bits per heavy atom. The molecule has 0 heterocycles. The van der Waals surface area contributed by atoms with E-state index in [4.69, 9.17) is 8.85 Å². The number of nitriles is 1. The molecule has 5 heteroatoms. The summed E-state index contributed by atoms with van der Waals surface area (Å²) in [5, 5.41) is 10.1. The van der Waals surface area contributed by atoms with Gasteiger partial charge in [0, 0.05) is 0 Å². The summed E-state index contributed by atoms with van der Waals surface area (Å²) in [7, 11) is -3.88. The van der Waals surface area contributed by atoms with Crippen LogP contribution in [0.2, 0.25) is 37.8 Å². The highest BCUT2D eigenvalue weighted by Gasteiger charge is 2.43. The Morgan fingerprint density at radius 3 is 1.91 bits per heavy atom. The maximum atomic E-state index is 9.98. The van der Waals surface area contributed by atoms with Crippen molar-refractivity contribution in [1.29, 1.82) is 5.26 Å². The van der Waals surface area contributed by atoms with E-state index >= 15 is 0 Å². The van der Waals surface area contributed by atoms with Crippen LogP contribution in [0.15, 0.2) is 30.3 Å². The normalized spacial score (nSPS) is 15.8. The van der Waals surface area contributed by atoms with E-state index in [1.54, 1.807) is 0 Å². The summed E-state index contributed by atoms with van der Waals surface area (Å²) in [5.74, 6) is 0. The third-order valence-electron chi connectivity index (χ3n) is 4.34. The van der Waals surface area contributed by atoms with Crippen molar-refractivity contribution in [1.82, 2.24) is 0 Å². The van der Waals surface area contributed by atoms with Gasteiger partial charge in [0.05, 0.1) is 6.61 Å². The van der Waals surface area contributed by atoms with E-state index in [9.17, 15) is 5.26 Å². The average molecular weight is 350 g/mol. The molecule has 0 saturated carbocycles. The van der Waals surface area contributed by atoms with Gasteiger partial charge in [-0.3, -0.25) is 0 Å². The minimum absolute atomic E-state index is 0.101. The van der Waals surface area contributed by atoms with Crippen molar-refractivity contribution < 1.29 is 8.85 Å². The van der Waals surface area contributed by atoms with Crippen molar-refractivity contribution in [2.75, 3.05) is 6.61 Å². The number of hydrogen-bond acceptors (Lipinski definition) is 3. The zero-order valence-electron chi connectivity index (χ0n) is 15.9. The summed E-state index contributed by atoms with van der Waals surface area (Å²) in [4.78, 5) is 0. The molecule has 0 radical (unpaired) electrons. The van der Waals surface area contributed by atoms with Crippen molar-refractivity contribution >= 4 is 16.6 Å². The Hall–Kier alpha value is -0.936. The molecule has 1 aromatic rings. The van der Waals surface area contributed by atoms with Gasteiger partial charge in [0.2, 0.25) is 0 Å². The second kappa shape index (κ2) is 6.90. The van der Waals surface area contributed by atoms with Gasteiger partial charge in [-0.15, -0.1) is 0 Å². The number of hydrogen-bond donors (Lipinski definition) is 0. The van der Waals surface area contributed by atoms with Crippen molar-refractivity contribution in [2.45, 2.75) is 64.1 Å². The zero-order valence-corrected chi connectivity index (χ0v) is 17.9. The Morgan fingerprint density at radius 2 is 1.52 bits per heavy atom. The van der Waals surface area contributed by atoms with E-state index < -0.39 is 22.2 Å². The van der Waals surface area contributed by atoms with Crippen LogP contribution in [0.25, 0.3) is 0 Å². The Labute approximate surface area is 143 Å². The molecular formula is C18H31NO2Si2. The molecule has 0 aliphatic carbocycles. The van der Waals surface area contributed by atoms with Gasteiger partial charge in [0.15, 0.2) is 22.2 Å². The lowest BCUT2D eigenvalue weighted by molar-refractivity contribution is 0.0525. The zero-order chi connectivity index (χ0) is 17.9. The SMILES string of the molecule is CC(C)(C)[Si](C)(C)OCC(C#N)(O[Si](C)(C)C)c1ccccc1. The summed E-state index contributed by atoms with van der Waals surface area (Å²) in [6.45, 7) is 17.6. The van der Waals surface area contributed by atoms with Crippen LogP contribution in [0.3, 0.4) is 0 Å². The molecule has 0 saturated heterocycles. The molecule has 0 N–H and O–H groups in total. The molecule has 1 aromatic carbocycles. The standard InChI is InChI=1S/C18H31NO2Si2/c1-17(2,3)23(7,8)20-15-18(14-19,21-22(4,5)6)16-12-10-9-11-13-16/h9-13H,15H2,1-8H3. The first-order valence-electron chi connectivity index (χ1n) is 8.14. The quantitative estimate of drug-likeness (QED) is 0.656. The van der Waals surface area contributed by atoms with Gasteiger partial charge in [-0.25, -0.2) is 0 Å². The Balaban J connectivity index is 3.18. The lowest BCUT2D eigenvalue weighted by Gasteiger charge is -2.40. The summed E-state index contributed by atoms with van der Waals surface area (Å²) in [6.07, 6.45) is 0. The topological polar surface area (TPSA) is 42.2 Å². The van der Waals surface area contributed by atoms with Crippen molar-refractivity contribution in [3.05, 3.63) is 35.9 Å². The predicted octanol–water partition coefficient (Wildman–Crippen LogP) is 5.28. The number of benzene rings is 1. The van der Waals surface area contributed by atoms with E-state index in [0.29, 0.717) is 0 Å². The average Bonchev–Trinajstić information content (AvgIpc) is 2.42. The highest BCUT2D eigenvalue weighted by atomic mass is 28.4. The molecule has 0 spiro atoms. The van der Waals surface area contributed by atoms with Crippen LogP contribution in [-0.2, 0) is 14.5 Å². The molecule has 0 aliphatic rings. The van der Waals surface area contributed by atoms with Gasteiger partial charge < -0.3 is 8.85 Å². The van der Waals surface area contributed by atoms with E-state index in [-0.39, 0.29) is 11.6 Å². The molecule has 1 rings (SSSR count). The van der Waals surface area contributed by atoms with Crippen LogP contribution in [0, 0.1) is 11.3 Å². The fourth-order valence-corrected chi connectivity index (χ4v) is 4.28. The van der Waals surface area contributed by atoms with Crippen LogP contribution < -0.4 is 0 Å². The van der Waals surface area contributed by atoms with Crippen molar-refractivity contribution in [3.63, 3.8) is 0 Å². The lowest BCUT2D eigenvalue weighted by atomic mass is 9.97. The van der Waals surface area contributed by atoms with Crippen molar-refractivity contribution in [3.8, 4) is 6.07 Å². The summed E-state index contributed by atoms with van der Waals surface area (Å²) >= 11 is 0. The van der Waals surface area contributed by atoms with E-state index in [2.05, 4.69) is 59.6 Å². The molecule has 0 fully saturated rings. The van der Waals surface area contributed by atoms with Crippen molar-refractivity contribution in [2.24, 2.45) is 0 Å². The molecule has 0 bridgehead atoms. The highest BCUT2D eigenvalue weighted by Crippen LogP contribution is 2.39. The molecule has 0 aliphatic heterocycles. The van der Waals surface area contributed by atoms with Gasteiger partial charge in [0.25, 0.3) is 0 Å². The summed E-state index contributed by atoms with van der Waals surface area (Å²) < 4.78 is 12.7. The highest BCUT2D eigenvalue weighted by molar-refractivity contribution is 6.74. The Bertz CT molecular complexity index is 553. The number of nitrogens with zero attached hydrogens (tertiary/aromatic N) is 1. The van der Waals surface area contributed by atoms with Gasteiger partial charge in [-0.1, -0.05) is 51.1 Å². The fourth-order valence-electron chi connectivity index (χ4n) is 2.02. The lowest BCUT2D eigenvalue weighted by Crippen LogP contribution is -2.48. The maximum Gasteiger partial charge on any atom is 0.192 e. The molecule has 1 unspecified atom stereocenters. The van der Waals surface area contributed by atoms with E-state index in [1.165, 1.54) is 0 Å². The monoisotopic (exact) mass is 349 g/mol.